The van der Waals surface area contributed by atoms with Gasteiger partial charge >= 0.3 is 6.18 Å². The highest BCUT2D eigenvalue weighted by molar-refractivity contribution is 7.99. The van der Waals surface area contributed by atoms with Crippen LogP contribution in [0.2, 0.25) is 0 Å². The van der Waals surface area contributed by atoms with Crippen LogP contribution in [0.25, 0.3) is 0 Å². The van der Waals surface area contributed by atoms with E-state index in [9.17, 15) is 18.0 Å². The number of rotatable bonds is 5. The van der Waals surface area contributed by atoms with Crippen LogP contribution in [0.1, 0.15) is 35.5 Å². The smallest absolute Gasteiger partial charge is 0.349 e. The molecule has 2 rings (SSSR count). The third kappa shape index (κ3) is 4.75. The first kappa shape index (κ1) is 19.3. The van der Waals surface area contributed by atoms with Crippen molar-refractivity contribution in [2.75, 3.05) is 5.75 Å². The van der Waals surface area contributed by atoms with Crippen molar-refractivity contribution in [2.45, 2.75) is 38.1 Å². The maximum atomic E-state index is 12.7. The van der Waals surface area contributed by atoms with Crippen molar-refractivity contribution in [1.29, 1.82) is 0 Å². The van der Waals surface area contributed by atoms with Crippen molar-refractivity contribution < 1.29 is 18.0 Å². The third-order valence-corrected chi connectivity index (χ3v) is 4.85. The van der Waals surface area contributed by atoms with Crippen molar-refractivity contribution in [3.05, 3.63) is 40.7 Å². The average Bonchev–Trinajstić information content (AvgIpc) is 2.89. The van der Waals surface area contributed by atoms with Crippen LogP contribution in [-0.2, 0) is 18.0 Å². The van der Waals surface area contributed by atoms with Gasteiger partial charge in [-0.15, -0.1) is 10.2 Å². The molecular formula is C16H19F3N4OS. The number of carbonyl (C=O) groups excluding carboxylic acids is 1. The number of alkyl halides is 3. The molecule has 1 amide bonds. The van der Waals surface area contributed by atoms with Crippen molar-refractivity contribution in [1.82, 2.24) is 20.1 Å². The van der Waals surface area contributed by atoms with E-state index in [4.69, 9.17) is 0 Å². The fourth-order valence-electron chi connectivity index (χ4n) is 2.22. The Morgan fingerprint density at radius 3 is 2.52 bits per heavy atom. The van der Waals surface area contributed by atoms with Crippen LogP contribution < -0.4 is 5.32 Å². The van der Waals surface area contributed by atoms with Crippen molar-refractivity contribution >= 4 is 17.7 Å². The summed E-state index contributed by atoms with van der Waals surface area (Å²) in [6.07, 6.45) is -4.57. The molecule has 0 bridgehead atoms. The number of halogens is 3. The van der Waals surface area contributed by atoms with Gasteiger partial charge in [-0.05, 0) is 37.5 Å². The standard InChI is InChI=1S/C16H19F3N4OS/c1-9-5-6-12(7-10(9)2)11(3)20-13(24)8-25-15-22-21-14(23(15)4)16(17,18)19/h5-7,11H,8H2,1-4H3,(H,20,24). The Morgan fingerprint density at radius 1 is 1.28 bits per heavy atom. The summed E-state index contributed by atoms with van der Waals surface area (Å²) in [6, 6.07) is 5.74. The average molecular weight is 372 g/mol. The van der Waals surface area contributed by atoms with Gasteiger partial charge in [-0.25, -0.2) is 0 Å². The van der Waals surface area contributed by atoms with Gasteiger partial charge in [0, 0.05) is 7.05 Å². The number of thioether (sulfide) groups is 1. The Bertz CT molecular complexity index is 773. The molecule has 1 heterocycles. The lowest BCUT2D eigenvalue weighted by atomic mass is 10.0. The van der Waals surface area contributed by atoms with E-state index in [0.29, 0.717) is 0 Å². The molecule has 0 spiro atoms. The molecule has 0 fully saturated rings. The van der Waals surface area contributed by atoms with E-state index in [1.165, 1.54) is 12.6 Å². The van der Waals surface area contributed by atoms with Crippen molar-refractivity contribution in [3.8, 4) is 0 Å². The number of carbonyl (C=O) groups is 1. The second-order valence-electron chi connectivity index (χ2n) is 5.78. The van der Waals surface area contributed by atoms with Crippen LogP contribution in [-0.4, -0.2) is 26.4 Å². The van der Waals surface area contributed by atoms with E-state index in [2.05, 4.69) is 15.5 Å². The fraction of sp³-hybridized carbons (Fsp3) is 0.438. The molecular weight excluding hydrogens is 353 g/mol. The molecule has 136 valence electrons. The molecule has 1 aromatic carbocycles. The largest absolute Gasteiger partial charge is 0.451 e. The molecule has 1 unspecified atom stereocenters. The summed E-state index contributed by atoms with van der Waals surface area (Å²) in [5.41, 5.74) is 3.27. The van der Waals surface area contributed by atoms with E-state index >= 15 is 0 Å². The number of hydrogen-bond acceptors (Lipinski definition) is 4. The van der Waals surface area contributed by atoms with Crippen LogP contribution in [0.15, 0.2) is 23.4 Å². The first-order valence-electron chi connectivity index (χ1n) is 7.55. The van der Waals surface area contributed by atoms with Gasteiger partial charge in [-0.2, -0.15) is 13.2 Å². The molecule has 0 aliphatic heterocycles. The summed E-state index contributed by atoms with van der Waals surface area (Å²) >= 11 is 0.912. The van der Waals surface area contributed by atoms with Crippen LogP contribution in [0.5, 0.6) is 0 Å². The number of amides is 1. The van der Waals surface area contributed by atoms with Gasteiger partial charge in [0.1, 0.15) is 0 Å². The zero-order valence-electron chi connectivity index (χ0n) is 14.3. The molecule has 25 heavy (non-hydrogen) atoms. The predicted octanol–water partition coefficient (Wildman–Crippen LogP) is 3.42. The topological polar surface area (TPSA) is 59.8 Å². The Kier molecular flexibility index (Phi) is 5.76. The molecule has 0 saturated heterocycles. The third-order valence-electron chi connectivity index (χ3n) is 3.83. The van der Waals surface area contributed by atoms with Crippen LogP contribution >= 0.6 is 11.8 Å². The summed E-state index contributed by atoms with van der Waals surface area (Å²) in [7, 11) is 1.22. The van der Waals surface area contributed by atoms with Gasteiger partial charge in [-0.3, -0.25) is 4.79 Å². The zero-order chi connectivity index (χ0) is 18.8. The summed E-state index contributed by atoms with van der Waals surface area (Å²) in [6.45, 7) is 5.86. The second-order valence-corrected chi connectivity index (χ2v) is 6.73. The molecule has 1 aromatic heterocycles. The van der Waals surface area contributed by atoms with Gasteiger partial charge in [0.05, 0.1) is 11.8 Å². The Hall–Kier alpha value is -2.03. The molecule has 0 radical (unpaired) electrons. The maximum Gasteiger partial charge on any atom is 0.451 e. The maximum absolute atomic E-state index is 12.7. The molecule has 0 aliphatic rings. The predicted molar refractivity (Wildman–Crippen MR) is 89.2 cm³/mol. The summed E-state index contributed by atoms with van der Waals surface area (Å²) < 4.78 is 38.8. The Labute approximate surface area is 148 Å². The van der Waals surface area contributed by atoms with E-state index in [-0.39, 0.29) is 22.9 Å². The Balaban J connectivity index is 1.94. The molecule has 5 nitrogen and oxygen atoms in total. The van der Waals surface area contributed by atoms with Gasteiger partial charge in [0.2, 0.25) is 11.7 Å². The van der Waals surface area contributed by atoms with Gasteiger partial charge in [-0.1, -0.05) is 30.0 Å². The lowest BCUT2D eigenvalue weighted by Gasteiger charge is -2.15. The van der Waals surface area contributed by atoms with E-state index in [1.807, 2.05) is 39.0 Å². The van der Waals surface area contributed by atoms with E-state index in [1.54, 1.807) is 0 Å². The van der Waals surface area contributed by atoms with E-state index < -0.39 is 12.0 Å². The summed E-state index contributed by atoms with van der Waals surface area (Å²) in [5.74, 6) is -1.41. The number of hydrogen-bond donors (Lipinski definition) is 1. The number of nitrogens with one attached hydrogen (secondary N) is 1. The highest BCUT2D eigenvalue weighted by atomic mass is 32.2. The second kappa shape index (κ2) is 7.47. The highest BCUT2D eigenvalue weighted by Gasteiger charge is 2.37. The molecule has 0 saturated carbocycles. The first-order chi connectivity index (χ1) is 11.6. The lowest BCUT2D eigenvalue weighted by molar-refractivity contribution is -0.147. The minimum absolute atomic E-state index is 0.0426. The fourth-order valence-corrected chi connectivity index (χ4v) is 2.94. The minimum Gasteiger partial charge on any atom is -0.349 e. The molecule has 1 atom stereocenters. The normalized spacial score (nSPS) is 12.9. The molecule has 2 aromatic rings. The van der Waals surface area contributed by atoms with Crippen LogP contribution in [0.4, 0.5) is 13.2 Å². The quantitative estimate of drug-likeness (QED) is 0.817. The van der Waals surface area contributed by atoms with Crippen LogP contribution in [0.3, 0.4) is 0 Å². The van der Waals surface area contributed by atoms with Crippen LogP contribution in [0, 0.1) is 13.8 Å². The van der Waals surface area contributed by atoms with Gasteiger partial charge < -0.3 is 9.88 Å². The summed E-state index contributed by atoms with van der Waals surface area (Å²) in [5, 5.41) is 9.49. The number of aromatic nitrogens is 3. The zero-order valence-corrected chi connectivity index (χ0v) is 15.1. The molecule has 1 N–H and O–H groups in total. The van der Waals surface area contributed by atoms with Crippen molar-refractivity contribution in [3.63, 3.8) is 0 Å². The SMILES string of the molecule is Cc1ccc(C(C)NC(=O)CSc2nnc(C(F)(F)F)n2C)cc1C. The van der Waals surface area contributed by atoms with E-state index in [0.717, 1.165) is 27.5 Å². The van der Waals surface area contributed by atoms with Gasteiger partial charge in [0.25, 0.3) is 0 Å². The number of nitrogens with zero attached hydrogens (tertiary/aromatic N) is 3. The van der Waals surface area contributed by atoms with Gasteiger partial charge in [0.15, 0.2) is 5.16 Å². The highest BCUT2D eigenvalue weighted by Crippen LogP contribution is 2.29. The van der Waals surface area contributed by atoms with Crippen molar-refractivity contribution in [2.24, 2.45) is 7.05 Å². The lowest BCUT2D eigenvalue weighted by Crippen LogP contribution is -2.28. The Morgan fingerprint density at radius 2 is 1.96 bits per heavy atom. The first-order valence-corrected chi connectivity index (χ1v) is 8.54. The molecule has 0 aliphatic carbocycles. The summed E-state index contributed by atoms with van der Waals surface area (Å²) in [4.78, 5) is 12.1. The molecule has 9 heteroatoms. The monoisotopic (exact) mass is 372 g/mol. The number of benzene rings is 1. The number of aryl methyl sites for hydroxylation is 2. The minimum atomic E-state index is -4.57.